The third kappa shape index (κ3) is 4.52. The van der Waals surface area contributed by atoms with Crippen LogP contribution in [-0.2, 0) is 0 Å². The summed E-state index contributed by atoms with van der Waals surface area (Å²) < 4.78 is 0. The first kappa shape index (κ1) is 23.5. The number of fused-ring (bicyclic) bond motifs is 1. The van der Waals surface area contributed by atoms with E-state index in [9.17, 15) is 14.9 Å². The van der Waals surface area contributed by atoms with E-state index in [1.54, 1.807) is 12.1 Å². The number of rotatable bonds is 4. The molecule has 1 fully saturated rings. The Hall–Kier alpha value is -4.26. The molecule has 2 heterocycles. The lowest BCUT2D eigenvalue weighted by Crippen LogP contribution is -2.48. The Bertz CT molecular complexity index is 1470. The second kappa shape index (κ2) is 9.41. The van der Waals surface area contributed by atoms with Gasteiger partial charge in [0.2, 0.25) is 0 Å². The van der Waals surface area contributed by atoms with Gasteiger partial charge in [-0.2, -0.15) is 0 Å². The lowest BCUT2D eigenvalue weighted by Gasteiger charge is -2.36. The minimum atomic E-state index is -0.396. The van der Waals surface area contributed by atoms with Gasteiger partial charge in [0.25, 0.3) is 11.6 Å². The highest BCUT2D eigenvalue weighted by Gasteiger charge is 2.25. The molecule has 1 amide bonds. The number of anilines is 1. The molecule has 0 radical (unpaired) electrons. The molecule has 1 aliphatic heterocycles. The summed E-state index contributed by atoms with van der Waals surface area (Å²) in [6.07, 6.45) is 0. The van der Waals surface area contributed by atoms with E-state index in [2.05, 4.69) is 36.9 Å². The number of nitro benzene ring substituents is 1. The minimum absolute atomic E-state index is 0.00133. The molecule has 36 heavy (non-hydrogen) atoms. The molecular weight excluding hydrogens is 452 g/mol. The van der Waals surface area contributed by atoms with Crippen LogP contribution in [0.1, 0.15) is 27.0 Å². The topological polar surface area (TPSA) is 79.6 Å². The first-order chi connectivity index (χ1) is 17.3. The number of carbonyl (C=O) groups excluding carboxylic acids is 1. The highest BCUT2D eigenvalue weighted by atomic mass is 16.6. The van der Waals surface area contributed by atoms with Crippen molar-refractivity contribution >= 4 is 28.2 Å². The summed E-state index contributed by atoms with van der Waals surface area (Å²) in [6, 6.07) is 20.8. The predicted molar refractivity (Wildman–Crippen MR) is 143 cm³/mol. The summed E-state index contributed by atoms with van der Waals surface area (Å²) in [5.74, 6) is 0.00133. The van der Waals surface area contributed by atoms with Crippen molar-refractivity contribution in [2.24, 2.45) is 0 Å². The summed E-state index contributed by atoms with van der Waals surface area (Å²) in [4.78, 5) is 33.3. The van der Waals surface area contributed by atoms with Gasteiger partial charge in [0.15, 0.2) is 0 Å². The van der Waals surface area contributed by atoms with E-state index in [0.717, 1.165) is 33.4 Å². The van der Waals surface area contributed by atoms with Gasteiger partial charge < -0.3 is 9.80 Å². The lowest BCUT2D eigenvalue weighted by atomic mass is 9.99. The van der Waals surface area contributed by atoms with Crippen molar-refractivity contribution in [3.8, 4) is 11.3 Å². The van der Waals surface area contributed by atoms with Gasteiger partial charge in [-0.3, -0.25) is 14.9 Å². The van der Waals surface area contributed by atoms with E-state index in [1.807, 2.05) is 36.1 Å². The zero-order chi connectivity index (χ0) is 25.4. The Labute approximate surface area is 210 Å². The normalized spacial score (nSPS) is 13.8. The Balaban J connectivity index is 1.43. The van der Waals surface area contributed by atoms with Gasteiger partial charge in [-0.15, -0.1) is 0 Å². The van der Waals surface area contributed by atoms with Crippen LogP contribution in [0.5, 0.6) is 0 Å². The van der Waals surface area contributed by atoms with Gasteiger partial charge in [-0.25, -0.2) is 4.98 Å². The molecule has 0 N–H and O–H groups in total. The van der Waals surface area contributed by atoms with Gasteiger partial charge in [0, 0.05) is 54.9 Å². The molecule has 4 aromatic rings. The highest BCUT2D eigenvalue weighted by Crippen LogP contribution is 2.29. The highest BCUT2D eigenvalue weighted by molar-refractivity contribution is 6.07. The molecule has 0 atom stereocenters. The molecule has 0 unspecified atom stereocenters. The first-order valence-corrected chi connectivity index (χ1v) is 12.1. The number of hydrogen-bond donors (Lipinski definition) is 0. The van der Waals surface area contributed by atoms with E-state index in [1.165, 1.54) is 23.3 Å². The van der Waals surface area contributed by atoms with Gasteiger partial charge >= 0.3 is 0 Å². The Morgan fingerprint density at radius 2 is 1.58 bits per heavy atom. The molecule has 5 rings (SSSR count). The fraction of sp³-hybridized carbons (Fsp3) is 0.241. The van der Waals surface area contributed by atoms with Crippen LogP contribution in [0.2, 0.25) is 0 Å². The average molecular weight is 481 g/mol. The number of pyridine rings is 1. The summed E-state index contributed by atoms with van der Waals surface area (Å²) >= 11 is 0. The monoisotopic (exact) mass is 480 g/mol. The molecule has 7 heteroatoms. The molecule has 3 aromatic carbocycles. The summed E-state index contributed by atoms with van der Waals surface area (Å²) in [6.45, 7) is 8.66. The Morgan fingerprint density at radius 3 is 2.25 bits per heavy atom. The third-order valence-electron chi connectivity index (χ3n) is 6.99. The summed E-state index contributed by atoms with van der Waals surface area (Å²) in [5.41, 5.74) is 7.76. The molecule has 1 aromatic heterocycles. The Kier molecular flexibility index (Phi) is 6.14. The van der Waals surface area contributed by atoms with Crippen molar-refractivity contribution in [3.63, 3.8) is 0 Å². The van der Waals surface area contributed by atoms with E-state index in [-0.39, 0.29) is 11.6 Å². The number of nitrogens with zero attached hydrogens (tertiary/aromatic N) is 4. The number of hydrogen-bond acceptors (Lipinski definition) is 5. The maximum Gasteiger partial charge on any atom is 0.269 e. The van der Waals surface area contributed by atoms with Crippen LogP contribution in [-0.4, -0.2) is 46.9 Å². The fourth-order valence-electron chi connectivity index (χ4n) is 4.69. The van der Waals surface area contributed by atoms with Crippen LogP contribution < -0.4 is 4.90 Å². The van der Waals surface area contributed by atoms with Crippen LogP contribution in [0.4, 0.5) is 11.4 Å². The SMILES string of the molecule is Cc1ccc2nc(-c3ccc(C)c(C)c3)cc(C(=O)N3CCN(c4ccc([N+](=O)[O-])cc4)CC3)c2c1. The molecule has 1 saturated heterocycles. The number of aryl methyl sites for hydroxylation is 3. The number of benzene rings is 3. The van der Waals surface area contributed by atoms with Crippen LogP contribution in [0, 0.1) is 30.9 Å². The third-order valence-corrected chi connectivity index (χ3v) is 6.99. The second-order valence-electron chi connectivity index (χ2n) is 9.43. The summed E-state index contributed by atoms with van der Waals surface area (Å²) in [7, 11) is 0. The molecule has 0 aliphatic carbocycles. The quantitative estimate of drug-likeness (QED) is 0.277. The van der Waals surface area contributed by atoms with Crippen LogP contribution >= 0.6 is 0 Å². The first-order valence-electron chi connectivity index (χ1n) is 12.1. The van der Waals surface area contributed by atoms with Gasteiger partial charge in [0.1, 0.15) is 0 Å². The molecule has 0 saturated carbocycles. The van der Waals surface area contributed by atoms with Crippen molar-refractivity contribution in [1.82, 2.24) is 9.88 Å². The van der Waals surface area contributed by atoms with Crippen LogP contribution in [0.15, 0.2) is 66.7 Å². The molecule has 0 spiro atoms. The number of amides is 1. The second-order valence-corrected chi connectivity index (χ2v) is 9.43. The van der Waals surface area contributed by atoms with E-state index in [4.69, 9.17) is 4.98 Å². The maximum absolute atomic E-state index is 13.8. The van der Waals surface area contributed by atoms with Gasteiger partial charge in [0.05, 0.1) is 21.7 Å². The number of nitro groups is 1. The zero-order valence-electron chi connectivity index (χ0n) is 20.7. The van der Waals surface area contributed by atoms with Crippen LogP contribution in [0.25, 0.3) is 22.2 Å². The van der Waals surface area contributed by atoms with Crippen molar-refractivity contribution in [2.45, 2.75) is 20.8 Å². The van der Waals surface area contributed by atoms with Crippen molar-refractivity contribution < 1.29 is 9.72 Å². The van der Waals surface area contributed by atoms with Gasteiger partial charge in [-0.1, -0.05) is 23.8 Å². The van der Waals surface area contributed by atoms with Crippen LogP contribution in [0.3, 0.4) is 0 Å². The number of aromatic nitrogens is 1. The standard InChI is InChI=1S/C29H28N4O3/c1-19-4-11-27-25(16-19)26(18-28(30-27)22-6-5-20(2)21(3)17-22)29(34)32-14-12-31(13-15-32)23-7-9-24(10-8-23)33(35)36/h4-11,16-18H,12-15H2,1-3H3. The Morgan fingerprint density at radius 1 is 0.861 bits per heavy atom. The molecule has 1 aliphatic rings. The molecule has 0 bridgehead atoms. The molecule has 182 valence electrons. The smallest absolute Gasteiger partial charge is 0.269 e. The average Bonchev–Trinajstić information content (AvgIpc) is 2.89. The predicted octanol–water partition coefficient (Wildman–Crippen LogP) is 5.70. The van der Waals surface area contributed by atoms with E-state index < -0.39 is 4.92 Å². The largest absolute Gasteiger partial charge is 0.368 e. The van der Waals surface area contributed by atoms with Gasteiger partial charge in [-0.05, 0) is 68.3 Å². The maximum atomic E-state index is 13.8. The number of piperazine rings is 1. The zero-order valence-corrected chi connectivity index (χ0v) is 20.7. The van der Waals surface area contributed by atoms with Crippen molar-refractivity contribution in [3.05, 3.63) is 99.1 Å². The fourth-order valence-corrected chi connectivity index (χ4v) is 4.69. The van der Waals surface area contributed by atoms with E-state index in [0.29, 0.717) is 31.7 Å². The van der Waals surface area contributed by atoms with Crippen molar-refractivity contribution in [2.75, 3.05) is 31.1 Å². The molecular formula is C29H28N4O3. The summed E-state index contributed by atoms with van der Waals surface area (Å²) in [5, 5.41) is 11.8. The van der Waals surface area contributed by atoms with E-state index >= 15 is 0 Å². The number of carbonyl (C=O) groups is 1. The molecule has 7 nitrogen and oxygen atoms in total. The van der Waals surface area contributed by atoms with Crippen molar-refractivity contribution in [1.29, 1.82) is 0 Å². The minimum Gasteiger partial charge on any atom is -0.368 e. The number of non-ortho nitro benzene ring substituents is 1. The lowest BCUT2D eigenvalue weighted by molar-refractivity contribution is -0.384.